The molecule has 0 bridgehead atoms. The topological polar surface area (TPSA) is 66.0 Å². The summed E-state index contributed by atoms with van der Waals surface area (Å²) in [5, 5.41) is 2.92. The van der Waals surface area contributed by atoms with Gasteiger partial charge in [0.1, 0.15) is 19.3 Å². The summed E-state index contributed by atoms with van der Waals surface area (Å²) in [7, 11) is 0. The van der Waals surface area contributed by atoms with E-state index >= 15 is 0 Å². The van der Waals surface area contributed by atoms with Crippen LogP contribution >= 0.6 is 0 Å². The minimum atomic E-state index is -0.467. The Labute approximate surface area is 148 Å². The fourth-order valence-corrected chi connectivity index (χ4v) is 2.98. The van der Waals surface area contributed by atoms with Gasteiger partial charge in [0.05, 0.1) is 12.7 Å². The van der Waals surface area contributed by atoms with Crippen LogP contribution < -0.4 is 14.8 Å². The molecule has 138 valence electrons. The number of carbonyl (C=O) groups excluding carboxylic acids is 1. The van der Waals surface area contributed by atoms with Gasteiger partial charge in [0.15, 0.2) is 11.5 Å². The molecule has 1 aromatic rings. The summed E-state index contributed by atoms with van der Waals surface area (Å²) in [6.45, 7) is 4.79. The van der Waals surface area contributed by atoms with Crippen LogP contribution in [-0.4, -0.2) is 51.1 Å². The van der Waals surface area contributed by atoms with Gasteiger partial charge in [0.2, 0.25) is 5.91 Å². The molecule has 1 fully saturated rings. The third-order valence-electron chi connectivity index (χ3n) is 4.49. The van der Waals surface area contributed by atoms with Crippen molar-refractivity contribution in [3.05, 3.63) is 23.8 Å². The normalized spacial score (nSPS) is 20.8. The number of nitrogens with one attached hydrogen (secondary N) is 1. The zero-order chi connectivity index (χ0) is 17.5. The van der Waals surface area contributed by atoms with Crippen molar-refractivity contribution in [3.8, 4) is 11.5 Å². The average Bonchev–Trinajstić information content (AvgIpc) is 2.66. The largest absolute Gasteiger partial charge is 0.486 e. The standard InChI is InChI=1S/C19H27NO5/c1-14(25-13-16-4-2-3-9-22-16)19(21)20-8-7-15-5-6-17-18(12-15)24-11-10-23-17/h5-6,12,14,16H,2-4,7-11,13H2,1H3,(H,20,21). The second kappa shape index (κ2) is 9.06. The first-order valence-electron chi connectivity index (χ1n) is 9.12. The van der Waals surface area contributed by atoms with Crippen molar-refractivity contribution >= 4 is 5.91 Å². The Morgan fingerprint density at radius 1 is 1.24 bits per heavy atom. The third-order valence-corrected chi connectivity index (χ3v) is 4.49. The van der Waals surface area contributed by atoms with Gasteiger partial charge in [-0.05, 0) is 50.3 Å². The fraction of sp³-hybridized carbons (Fsp3) is 0.632. The van der Waals surface area contributed by atoms with E-state index in [1.807, 2.05) is 18.2 Å². The van der Waals surface area contributed by atoms with Gasteiger partial charge in [0.25, 0.3) is 0 Å². The van der Waals surface area contributed by atoms with Crippen LogP contribution in [0.4, 0.5) is 0 Å². The van der Waals surface area contributed by atoms with E-state index in [1.54, 1.807) is 6.92 Å². The Kier molecular flexibility index (Phi) is 6.53. The maximum absolute atomic E-state index is 12.1. The SMILES string of the molecule is CC(OCC1CCCCO1)C(=O)NCCc1ccc2c(c1)OCCO2. The van der Waals surface area contributed by atoms with Crippen LogP contribution in [0.25, 0.3) is 0 Å². The van der Waals surface area contributed by atoms with Crippen LogP contribution in [0.2, 0.25) is 0 Å². The first-order valence-corrected chi connectivity index (χ1v) is 9.12. The van der Waals surface area contributed by atoms with Crippen molar-refractivity contribution in [1.82, 2.24) is 5.32 Å². The van der Waals surface area contributed by atoms with E-state index in [1.165, 1.54) is 6.42 Å². The second-order valence-corrected chi connectivity index (χ2v) is 6.48. The van der Waals surface area contributed by atoms with E-state index in [0.29, 0.717) is 26.4 Å². The van der Waals surface area contributed by atoms with Crippen LogP contribution in [0, 0.1) is 0 Å². The van der Waals surface area contributed by atoms with E-state index < -0.39 is 6.10 Å². The smallest absolute Gasteiger partial charge is 0.248 e. The minimum absolute atomic E-state index is 0.0895. The molecule has 1 amide bonds. The Balaban J connectivity index is 1.36. The maximum Gasteiger partial charge on any atom is 0.248 e. The molecule has 0 aliphatic carbocycles. The van der Waals surface area contributed by atoms with Crippen molar-refractivity contribution < 1.29 is 23.7 Å². The predicted molar refractivity (Wildman–Crippen MR) is 93.2 cm³/mol. The molecule has 1 aromatic carbocycles. The summed E-state index contributed by atoms with van der Waals surface area (Å²) in [4.78, 5) is 12.1. The Bertz CT molecular complexity index is 571. The number of benzene rings is 1. The number of hydrogen-bond donors (Lipinski definition) is 1. The molecule has 1 saturated heterocycles. The molecule has 25 heavy (non-hydrogen) atoms. The minimum Gasteiger partial charge on any atom is -0.486 e. The van der Waals surface area contributed by atoms with Crippen LogP contribution in [0.5, 0.6) is 11.5 Å². The van der Waals surface area contributed by atoms with Gasteiger partial charge in [0, 0.05) is 13.2 Å². The lowest BCUT2D eigenvalue weighted by molar-refractivity contribution is -0.135. The van der Waals surface area contributed by atoms with E-state index in [9.17, 15) is 4.79 Å². The number of rotatable bonds is 7. The van der Waals surface area contributed by atoms with Crippen LogP contribution in [0.15, 0.2) is 18.2 Å². The first-order chi connectivity index (χ1) is 12.2. The summed E-state index contributed by atoms with van der Waals surface area (Å²) in [5.74, 6) is 1.47. The summed E-state index contributed by atoms with van der Waals surface area (Å²) in [5.41, 5.74) is 1.11. The maximum atomic E-state index is 12.1. The van der Waals surface area contributed by atoms with Gasteiger partial charge in [-0.1, -0.05) is 6.07 Å². The van der Waals surface area contributed by atoms with Crippen molar-refractivity contribution in [2.45, 2.75) is 44.8 Å². The molecule has 3 rings (SSSR count). The molecule has 2 unspecified atom stereocenters. The van der Waals surface area contributed by atoms with Gasteiger partial charge in [-0.3, -0.25) is 4.79 Å². The quantitative estimate of drug-likeness (QED) is 0.816. The molecule has 6 heteroatoms. The highest BCUT2D eigenvalue weighted by Gasteiger charge is 2.18. The lowest BCUT2D eigenvalue weighted by atomic mass is 10.1. The fourth-order valence-electron chi connectivity index (χ4n) is 2.98. The number of carbonyl (C=O) groups is 1. The average molecular weight is 349 g/mol. The van der Waals surface area contributed by atoms with Gasteiger partial charge in [-0.15, -0.1) is 0 Å². The highest BCUT2D eigenvalue weighted by atomic mass is 16.6. The lowest BCUT2D eigenvalue weighted by Gasteiger charge is -2.24. The van der Waals surface area contributed by atoms with Crippen LogP contribution in [-0.2, 0) is 20.7 Å². The summed E-state index contributed by atoms with van der Waals surface area (Å²) in [6.07, 6.45) is 3.70. The molecule has 1 N–H and O–H groups in total. The lowest BCUT2D eigenvalue weighted by Crippen LogP contribution is -2.37. The molecule has 2 heterocycles. The van der Waals surface area contributed by atoms with E-state index in [2.05, 4.69) is 5.32 Å². The molecule has 0 aromatic heterocycles. The van der Waals surface area contributed by atoms with E-state index in [0.717, 1.165) is 42.9 Å². The molecule has 0 radical (unpaired) electrons. The zero-order valence-corrected chi connectivity index (χ0v) is 14.8. The molecular formula is C19H27NO5. The number of amides is 1. The van der Waals surface area contributed by atoms with Gasteiger partial charge in [-0.25, -0.2) is 0 Å². The van der Waals surface area contributed by atoms with E-state index in [-0.39, 0.29) is 12.0 Å². The summed E-state index contributed by atoms with van der Waals surface area (Å²) >= 11 is 0. The summed E-state index contributed by atoms with van der Waals surface area (Å²) in [6, 6.07) is 5.89. The molecule has 2 atom stereocenters. The Hall–Kier alpha value is -1.79. The highest BCUT2D eigenvalue weighted by molar-refractivity contribution is 5.80. The molecule has 2 aliphatic heterocycles. The van der Waals surface area contributed by atoms with Crippen molar-refractivity contribution in [2.24, 2.45) is 0 Å². The predicted octanol–water partition coefficient (Wildman–Crippen LogP) is 2.09. The first kappa shape index (κ1) is 18.0. The van der Waals surface area contributed by atoms with Gasteiger partial charge in [-0.2, -0.15) is 0 Å². The van der Waals surface area contributed by atoms with E-state index in [4.69, 9.17) is 18.9 Å². The number of ether oxygens (including phenoxy) is 4. The molecular weight excluding hydrogens is 322 g/mol. The molecule has 6 nitrogen and oxygen atoms in total. The monoisotopic (exact) mass is 349 g/mol. The van der Waals surface area contributed by atoms with Crippen molar-refractivity contribution in [2.75, 3.05) is 33.0 Å². The third kappa shape index (κ3) is 5.34. The Morgan fingerprint density at radius 2 is 2.08 bits per heavy atom. The second-order valence-electron chi connectivity index (χ2n) is 6.48. The van der Waals surface area contributed by atoms with Gasteiger partial charge >= 0.3 is 0 Å². The van der Waals surface area contributed by atoms with Gasteiger partial charge < -0.3 is 24.3 Å². The Morgan fingerprint density at radius 3 is 2.88 bits per heavy atom. The van der Waals surface area contributed by atoms with Crippen LogP contribution in [0.1, 0.15) is 31.7 Å². The highest BCUT2D eigenvalue weighted by Crippen LogP contribution is 2.30. The summed E-state index contributed by atoms with van der Waals surface area (Å²) < 4.78 is 22.3. The van der Waals surface area contributed by atoms with Crippen molar-refractivity contribution in [1.29, 1.82) is 0 Å². The zero-order valence-electron chi connectivity index (χ0n) is 14.8. The molecule has 0 saturated carbocycles. The molecule has 0 spiro atoms. The molecule has 2 aliphatic rings. The number of hydrogen-bond acceptors (Lipinski definition) is 5. The van der Waals surface area contributed by atoms with Crippen molar-refractivity contribution in [3.63, 3.8) is 0 Å². The van der Waals surface area contributed by atoms with Crippen LogP contribution in [0.3, 0.4) is 0 Å². The number of fused-ring (bicyclic) bond motifs is 1.